The molecule has 2 N–H and O–H groups in total. The van der Waals surface area contributed by atoms with Crippen LogP contribution in [-0.4, -0.2) is 0 Å². The van der Waals surface area contributed by atoms with Crippen molar-refractivity contribution < 1.29 is 0 Å². The maximum absolute atomic E-state index is 4.61. The molecule has 21 heavy (non-hydrogen) atoms. The molecule has 0 spiro atoms. The minimum absolute atomic E-state index is 0.713. The molecule has 0 amide bonds. The average Bonchev–Trinajstić information content (AvgIpc) is 2.46. The van der Waals surface area contributed by atoms with Gasteiger partial charge in [-0.2, -0.15) is 0 Å². The first-order valence-electron chi connectivity index (χ1n) is 8.73. The van der Waals surface area contributed by atoms with Crippen LogP contribution in [0.5, 0.6) is 0 Å². The molecule has 1 saturated carbocycles. The fraction of sp³-hybridized carbons (Fsp3) is 0.750. The summed E-state index contributed by atoms with van der Waals surface area (Å²) in [4.78, 5) is 0. The fourth-order valence-electron chi connectivity index (χ4n) is 2.97. The topological polar surface area (TPSA) is 26.0 Å². The highest BCUT2D eigenvalue weighted by Crippen LogP contribution is 2.37. The van der Waals surface area contributed by atoms with E-state index in [4.69, 9.17) is 0 Å². The van der Waals surface area contributed by atoms with Gasteiger partial charge in [-0.1, -0.05) is 73.5 Å². The van der Waals surface area contributed by atoms with Crippen LogP contribution in [0.2, 0.25) is 0 Å². The first-order valence-corrected chi connectivity index (χ1v) is 8.73. The van der Waals surface area contributed by atoms with Crippen LogP contribution in [-0.2, 0) is 0 Å². The van der Waals surface area contributed by atoms with Crippen LogP contribution in [0.4, 0.5) is 0 Å². The van der Waals surface area contributed by atoms with Gasteiger partial charge in [-0.25, -0.2) is 0 Å². The first kappa shape index (κ1) is 22.3. The van der Waals surface area contributed by atoms with Gasteiger partial charge in [0.15, 0.2) is 0 Å². The lowest BCUT2D eigenvalue weighted by Crippen LogP contribution is -2.21. The lowest BCUT2D eigenvalue weighted by atomic mass is 9.73. The molecule has 0 aromatic rings. The predicted octanol–water partition coefficient (Wildman–Crippen LogP) is 6.47. The van der Waals surface area contributed by atoms with Crippen molar-refractivity contribution in [1.29, 1.82) is 0 Å². The lowest BCUT2D eigenvalue weighted by molar-refractivity contribution is 0.232. The van der Waals surface area contributed by atoms with Gasteiger partial charge in [0.25, 0.3) is 0 Å². The van der Waals surface area contributed by atoms with Crippen molar-refractivity contribution >= 4 is 0 Å². The van der Waals surface area contributed by atoms with Crippen LogP contribution in [0, 0.1) is 17.8 Å². The van der Waals surface area contributed by atoms with E-state index in [9.17, 15) is 0 Å². The molecule has 1 aliphatic carbocycles. The third-order valence-corrected chi connectivity index (χ3v) is 3.98. The second-order valence-electron chi connectivity index (χ2n) is 6.22. The Morgan fingerprint density at radius 1 is 1.33 bits per heavy atom. The first-order chi connectivity index (χ1) is 10.0. The normalized spacial score (nSPS) is 21.6. The summed E-state index contributed by atoms with van der Waals surface area (Å²) >= 11 is 0. The van der Waals surface area contributed by atoms with Crippen LogP contribution in [0.3, 0.4) is 0 Å². The molecule has 0 bridgehead atoms. The van der Waals surface area contributed by atoms with Gasteiger partial charge in [0, 0.05) is 0 Å². The number of hydrogen-bond acceptors (Lipinski definition) is 1. The average molecular weight is 294 g/mol. The summed E-state index contributed by atoms with van der Waals surface area (Å²) in [6.45, 7) is 18.3. The monoisotopic (exact) mass is 293 g/mol. The Hall–Kier alpha value is -0.940. The smallest absolute Gasteiger partial charge is 0.0127 e. The van der Waals surface area contributed by atoms with Gasteiger partial charge in [0.2, 0.25) is 0 Å². The summed E-state index contributed by atoms with van der Waals surface area (Å²) in [6, 6.07) is 0. The van der Waals surface area contributed by atoms with Crippen molar-refractivity contribution in [3.05, 3.63) is 30.7 Å². The fourth-order valence-corrected chi connectivity index (χ4v) is 2.97. The highest BCUT2D eigenvalue weighted by atomic mass is 14.5. The number of nitrogens with two attached hydrogens (primary N) is 1. The molecule has 3 unspecified atom stereocenters. The maximum Gasteiger partial charge on any atom is -0.0127 e. The number of allylic oxidation sites excluding steroid dienone is 1. The Morgan fingerprint density at radius 2 is 1.86 bits per heavy atom. The van der Waals surface area contributed by atoms with Crippen molar-refractivity contribution in [3.63, 3.8) is 0 Å². The van der Waals surface area contributed by atoms with E-state index in [-0.39, 0.29) is 0 Å². The van der Waals surface area contributed by atoms with E-state index in [1.54, 1.807) is 0 Å². The molecule has 3 atom stereocenters. The predicted molar refractivity (Wildman–Crippen MR) is 98.2 cm³/mol. The molecule has 124 valence electrons. The molecule has 1 heteroatoms. The molecule has 0 aromatic carbocycles. The van der Waals surface area contributed by atoms with E-state index in [2.05, 4.69) is 59.2 Å². The molecule has 1 rings (SSSR count). The zero-order chi connectivity index (χ0) is 16.7. The zero-order valence-corrected chi connectivity index (χ0v) is 15.3. The van der Waals surface area contributed by atoms with E-state index >= 15 is 0 Å². The molecule has 0 aliphatic heterocycles. The molecule has 0 aromatic heterocycles. The molecular weight excluding hydrogens is 254 g/mol. The minimum Gasteiger partial charge on any atom is -0.405 e. The Morgan fingerprint density at radius 3 is 2.24 bits per heavy atom. The van der Waals surface area contributed by atoms with Crippen LogP contribution < -0.4 is 5.73 Å². The van der Waals surface area contributed by atoms with Gasteiger partial charge < -0.3 is 5.73 Å². The van der Waals surface area contributed by atoms with Gasteiger partial charge in [-0.05, 0) is 48.8 Å². The second kappa shape index (κ2) is 15.4. The van der Waals surface area contributed by atoms with Crippen LogP contribution in [0.15, 0.2) is 30.7 Å². The molecule has 1 fully saturated rings. The quantitative estimate of drug-likeness (QED) is 0.591. The van der Waals surface area contributed by atoms with E-state index in [0.29, 0.717) is 5.92 Å². The van der Waals surface area contributed by atoms with Crippen LogP contribution in [0.25, 0.3) is 0 Å². The summed E-state index contributed by atoms with van der Waals surface area (Å²) in [7, 11) is 0. The third-order valence-electron chi connectivity index (χ3n) is 3.98. The molecule has 1 aliphatic rings. The van der Waals surface area contributed by atoms with Gasteiger partial charge >= 0.3 is 0 Å². The lowest BCUT2D eigenvalue weighted by Gasteiger charge is -2.32. The summed E-state index contributed by atoms with van der Waals surface area (Å²) in [5, 5.41) is 0. The van der Waals surface area contributed by atoms with Gasteiger partial charge in [0.05, 0.1) is 0 Å². The zero-order valence-electron chi connectivity index (χ0n) is 15.3. The van der Waals surface area contributed by atoms with Crippen molar-refractivity contribution in [2.45, 2.75) is 79.6 Å². The van der Waals surface area contributed by atoms with Crippen molar-refractivity contribution in [2.24, 2.45) is 23.5 Å². The minimum atomic E-state index is 0.713. The van der Waals surface area contributed by atoms with E-state index in [0.717, 1.165) is 11.8 Å². The van der Waals surface area contributed by atoms with E-state index in [1.165, 1.54) is 56.7 Å². The number of rotatable bonds is 4. The Kier molecular flexibility index (Phi) is 16.4. The van der Waals surface area contributed by atoms with Crippen LogP contribution in [0.1, 0.15) is 79.6 Å². The standard InChI is InChI=1S/C15H26.C3H8.C2H5N/c1-5-8-14(6-2)13(4)15-10-7-9-12(3)11-15;1-3-2;1-2-3/h12-13,15H,2,5,7-11H2,1,3-4H3;3H2,1-2H3;2H,1,3H2. The number of hydrogen-bond donors (Lipinski definition) is 1. The summed E-state index contributed by atoms with van der Waals surface area (Å²) < 4.78 is 0. The SMILES string of the molecule is C=C=C(CCC)C(C)C1CCCC(C)C1.C=CN.CCC. The third kappa shape index (κ3) is 11.4. The summed E-state index contributed by atoms with van der Waals surface area (Å²) in [5.74, 6) is 2.54. The maximum atomic E-state index is 4.61. The summed E-state index contributed by atoms with van der Waals surface area (Å²) in [5.41, 5.74) is 9.26. The summed E-state index contributed by atoms with van der Waals surface area (Å²) in [6.07, 6.45) is 10.6. The van der Waals surface area contributed by atoms with E-state index < -0.39 is 0 Å². The second-order valence-corrected chi connectivity index (χ2v) is 6.22. The molecular formula is C20H39N. The Labute approximate surface area is 134 Å². The highest BCUT2D eigenvalue weighted by Gasteiger charge is 2.25. The molecule has 1 nitrogen and oxygen atoms in total. The van der Waals surface area contributed by atoms with Gasteiger partial charge in [-0.15, -0.1) is 5.73 Å². The molecule has 0 saturated heterocycles. The molecule has 0 heterocycles. The molecule has 0 radical (unpaired) electrons. The van der Waals surface area contributed by atoms with Gasteiger partial charge in [-0.3, -0.25) is 0 Å². The van der Waals surface area contributed by atoms with Gasteiger partial charge in [0.1, 0.15) is 0 Å². The van der Waals surface area contributed by atoms with E-state index in [1.807, 2.05) is 0 Å². The van der Waals surface area contributed by atoms with Crippen LogP contribution >= 0.6 is 0 Å². The Balaban J connectivity index is 0. The van der Waals surface area contributed by atoms with Crippen molar-refractivity contribution in [3.8, 4) is 0 Å². The Bertz CT molecular complexity index is 286. The largest absolute Gasteiger partial charge is 0.405 e. The van der Waals surface area contributed by atoms with Crippen molar-refractivity contribution in [1.82, 2.24) is 0 Å². The van der Waals surface area contributed by atoms with Crippen molar-refractivity contribution in [2.75, 3.05) is 0 Å². The highest BCUT2D eigenvalue weighted by molar-refractivity contribution is 5.05.